The van der Waals surface area contributed by atoms with Crippen LogP contribution in [0.3, 0.4) is 0 Å². The van der Waals surface area contributed by atoms with Crippen LogP contribution in [-0.2, 0) is 6.54 Å². The molecule has 0 aliphatic rings. The number of nitrogens with two attached hydrogens (primary N) is 1. The maximum atomic E-state index is 6.01. The van der Waals surface area contributed by atoms with Crippen LogP contribution >= 0.6 is 15.9 Å². The summed E-state index contributed by atoms with van der Waals surface area (Å²) in [5, 5.41) is 3.96. The van der Waals surface area contributed by atoms with Gasteiger partial charge in [-0.15, -0.1) is 0 Å². The van der Waals surface area contributed by atoms with Gasteiger partial charge in [0.2, 0.25) is 5.95 Å². The lowest BCUT2D eigenvalue weighted by Gasteiger charge is -2.06. The van der Waals surface area contributed by atoms with E-state index in [0.29, 0.717) is 12.5 Å². The molecule has 6 heteroatoms. The third-order valence-corrected chi connectivity index (χ3v) is 3.73. The number of imidazole rings is 1. The summed E-state index contributed by atoms with van der Waals surface area (Å²) in [6.45, 7) is 4.45. The molecule has 0 aliphatic heterocycles. The zero-order chi connectivity index (χ0) is 13.6. The van der Waals surface area contributed by atoms with Crippen LogP contribution < -0.4 is 5.73 Å². The largest absolute Gasteiger partial charge is 0.369 e. The fourth-order valence-electron chi connectivity index (χ4n) is 2.17. The first-order valence-corrected chi connectivity index (χ1v) is 6.68. The number of halogens is 1. The van der Waals surface area contributed by atoms with E-state index < -0.39 is 0 Å². The van der Waals surface area contributed by atoms with Gasteiger partial charge >= 0.3 is 0 Å². The molecule has 98 valence electrons. The Bertz CT molecular complexity index is 740. The average Bonchev–Trinajstić information content (AvgIpc) is 2.83. The van der Waals surface area contributed by atoms with Gasteiger partial charge in [-0.2, -0.15) is 0 Å². The second-order valence-corrected chi connectivity index (χ2v) is 5.41. The van der Waals surface area contributed by atoms with Gasteiger partial charge in [-0.05, 0) is 32.0 Å². The predicted octanol–water partition coefficient (Wildman–Crippen LogP) is 3.03. The van der Waals surface area contributed by atoms with Crippen molar-refractivity contribution in [2.75, 3.05) is 5.73 Å². The number of aromatic nitrogens is 3. The number of hydrogen-bond donors (Lipinski definition) is 1. The Morgan fingerprint density at radius 2 is 2.16 bits per heavy atom. The van der Waals surface area contributed by atoms with E-state index in [4.69, 9.17) is 10.3 Å². The number of fused-ring (bicyclic) bond motifs is 1. The molecule has 5 nitrogen and oxygen atoms in total. The second-order valence-electron chi connectivity index (χ2n) is 4.49. The molecule has 3 rings (SSSR count). The summed E-state index contributed by atoms with van der Waals surface area (Å²) in [6.07, 6.45) is 0. The van der Waals surface area contributed by atoms with Crippen LogP contribution in [-0.4, -0.2) is 14.7 Å². The summed E-state index contributed by atoms with van der Waals surface area (Å²) < 4.78 is 8.14. The van der Waals surface area contributed by atoms with Crippen molar-refractivity contribution in [2.24, 2.45) is 0 Å². The molecule has 0 unspecified atom stereocenters. The molecule has 0 aliphatic carbocycles. The Morgan fingerprint density at radius 1 is 1.37 bits per heavy atom. The zero-order valence-corrected chi connectivity index (χ0v) is 12.2. The second kappa shape index (κ2) is 4.38. The lowest BCUT2D eigenvalue weighted by molar-refractivity contribution is 0.392. The molecular weight excluding hydrogens is 308 g/mol. The summed E-state index contributed by atoms with van der Waals surface area (Å²) in [6, 6.07) is 5.93. The van der Waals surface area contributed by atoms with Crippen molar-refractivity contribution in [3.05, 3.63) is 39.7 Å². The number of hydrogen-bond acceptors (Lipinski definition) is 4. The monoisotopic (exact) mass is 320 g/mol. The number of rotatable bonds is 2. The number of benzene rings is 1. The Hall–Kier alpha value is -1.82. The van der Waals surface area contributed by atoms with Crippen LogP contribution in [0.2, 0.25) is 0 Å². The SMILES string of the molecule is Cc1noc(C)c1Cn1c(N)nc2cc(Br)ccc21. The lowest BCUT2D eigenvalue weighted by atomic mass is 10.2. The van der Waals surface area contributed by atoms with Crippen molar-refractivity contribution in [1.82, 2.24) is 14.7 Å². The van der Waals surface area contributed by atoms with Gasteiger partial charge in [0.25, 0.3) is 0 Å². The molecule has 0 bridgehead atoms. The van der Waals surface area contributed by atoms with E-state index in [9.17, 15) is 0 Å². The normalized spacial score (nSPS) is 11.3. The van der Waals surface area contributed by atoms with Crippen molar-refractivity contribution >= 4 is 32.9 Å². The van der Waals surface area contributed by atoms with Gasteiger partial charge in [-0.25, -0.2) is 4.98 Å². The van der Waals surface area contributed by atoms with Crippen LogP contribution in [0.5, 0.6) is 0 Å². The summed E-state index contributed by atoms with van der Waals surface area (Å²) in [7, 11) is 0. The van der Waals surface area contributed by atoms with E-state index in [1.165, 1.54) is 0 Å². The van der Waals surface area contributed by atoms with Crippen LogP contribution in [0.1, 0.15) is 17.0 Å². The maximum absolute atomic E-state index is 6.01. The number of anilines is 1. The van der Waals surface area contributed by atoms with Crippen LogP contribution in [0, 0.1) is 13.8 Å². The topological polar surface area (TPSA) is 69.9 Å². The highest BCUT2D eigenvalue weighted by atomic mass is 79.9. The van der Waals surface area contributed by atoms with Crippen LogP contribution in [0.15, 0.2) is 27.2 Å². The molecule has 0 fully saturated rings. The highest BCUT2D eigenvalue weighted by molar-refractivity contribution is 9.10. The molecule has 0 amide bonds. The molecular formula is C13H13BrN4O. The third kappa shape index (κ3) is 2.02. The van der Waals surface area contributed by atoms with Gasteiger partial charge in [0.1, 0.15) is 5.76 Å². The highest BCUT2D eigenvalue weighted by Crippen LogP contribution is 2.24. The highest BCUT2D eigenvalue weighted by Gasteiger charge is 2.14. The molecule has 19 heavy (non-hydrogen) atoms. The zero-order valence-electron chi connectivity index (χ0n) is 10.6. The van der Waals surface area contributed by atoms with Crippen molar-refractivity contribution in [3.8, 4) is 0 Å². The number of nitrogens with zero attached hydrogens (tertiary/aromatic N) is 3. The van der Waals surface area contributed by atoms with Gasteiger partial charge in [-0.1, -0.05) is 21.1 Å². The summed E-state index contributed by atoms with van der Waals surface area (Å²) in [4.78, 5) is 4.37. The average molecular weight is 321 g/mol. The molecule has 2 aromatic heterocycles. The van der Waals surface area contributed by atoms with E-state index >= 15 is 0 Å². The third-order valence-electron chi connectivity index (χ3n) is 3.24. The van der Waals surface area contributed by atoms with Crippen molar-refractivity contribution < 1.29 is 4.52 Å². The maximum Gasteiger partial charge on any atom is 0.201 e. The van der Waals surface area contributed by atoms with Crippen molar-refractivity contribution in [1.29, 1.82) is 0 Å². The van der Waals surface area contributed by atoms with E-state index in [0.717, 1.165) is 32.5 Å². The first-order valence-electron chi connectivity index (χ1n) is 5.89. The minimum Gasteiger partial charge on any atom is -0.369 e. The molecule has 0 saturated heterocycles. The molecule has 0 atom stereocenters. The number of nitrogen functional groups attached to an aromatic ring is 1. The predicted molar refractivity (Wildman–Crippen MR) is 76.9 cm³/mol. The summed E-state index contributed by atoms with van der Waals surface area (Å²) in [5.74, 6) is 1.31. The Balaban J connectivity index is 2.13. The molecule has 3 aromatic rings. The van der Waals surface area contributed by atoms with E-state index in [1.54, 1.807) is 0 Å². The van der Waals surface area contributed by atoms with Gasteiger partial charge in [0.15, 0.2) is 0 Å². The van der Waals surface area contributed by atoms with Crippen LogP contribution in [0.25, 0.3) is 11.0 Å². The Morgan fingerprint density at radius 3 is 2.84 bits per heavy atom. The van der Waals surface area contributed by atoms with Gasteiger partial charge in [0, 0.05) is 10.0 Å². The summed E-state index contributed by atoms with van der Waals surface area (Å²) in [5.41, 5.74) is 9.82. The Labute approximate surface area is 118 Å². The molecule has 2 heterocycles. The molecule has 0 spiro atoms. The van der Waals surface area contributed by atoms with Crippen molar-refractivity contribution in [3.63, 3.8) is 0 Å². The molecule has 0 radical (unpaired) electrons. The van der Waals surface area contributed by atoms with Gasteiger partial charge in [-0.3, -0.25) is 0 Å². The van der Waals surface area contributed by atoms with Gasteiger partial charge in [0.05, 0.1) is 23.3 Å². The van der Waals surface area contributed by atoms with Crippen LogP contribution in [0.4, 0.5) is 5.95 Å². The minimum atomic E-state index is 0.494. The fourth-order valence-corrected chi connectivity index (χ4v) is 2.52. The molecule has 0 saturated carbocycles. The lowest BCUT2D eigenvalue weighted by Crippen LogP contribution is -2.05. The first-order chi connectivity index (χ1) is 9.06. The van der Waals surface area contributed by atoms with Crippen molar-refractivity contribution in [2.45, 2.75) is 20.4 Å². The summed E-state index contributed by atoms with van der Waals surface area (Å²) >= 11 is 3.44. The quantitative estimate of drug-likeness (QED) is 0.787. The Kier molecular flexibility index (Phi) is 2.82. The van der Waals surface area contributed by atoms with E-state index in [2.05, 4.69) is 26.1 Å². The van der Waals surface area contributed by atoms with Gasteiger partial charge < -0.3 is 14.8 Å². The first kappa shape index (κ1) is 12.2. The fraction of sp³-hybridized carbons (Fsp3) is 0.231. The standard InChI is InChI=1S/C13H13BrN4O/c1-7-10(8(2)19-17-7)6-18-12-4-3-9(14)5-11(12)16-13(18)15/h3-5H,6H2,1-2H3,(H2,15,16). The minimum absolute atomic E-state index is 0.494. The number of aryl methyl sites for hydroxylation is 2. The molecule has 1 aromatic carbocycles. The smallest absolute Gasteiger partial charge is 0.201 e. The van der Waals surface area contributed by atoms with E-state index in [-0.39, 0.29) is 0 Å². The molecule has 2 N–H and O–H groups in total. The van der Waals surface area contributed by atoms with E-state index in [1.807, 2.05) is 36.6 Å².